The number of hydrogen-bond donors (Lipinski definition) is 1. The molecular weight excluding hydrogens is 302 g/mol. The zero-order valence-electron chi connectivity index (χ0n) is 11.9. The fourth-order valence-electron chi connectivity index (χ4n) is 2.92. The predicted molar refractivity (Wildman–Crippen MR) is 85.8 cm³/mol. The van der Waals surface area contributed by atoms with Crippen molar-refractivity contribution < 1.29 is 0 Å². The molecule has 0 radical (unpaired) electrons. The third kappa shape index (κ3) is 3.71. The molecule has 19 heavy (non-hydrogen) atoms. The maximum Gasteiger partial charge on any atom is 0.0402 e. The van der Waals surface area contributed by atoms with E-state index in [-0.39, 0.29) is 0 Å². The summed E-state index contributed by atoms with van der Waals surface area (Å²) in [5, 5.41) is 0. The first-order valence-corrected chi connectivity index (χ1v) is 7.85. The molecule has 4 heteroatoms. The van der Waals surface area contributed by atoms with Crippen molar-refractivity contribution in [2.24, 2.45) is 5.73 Å². The highest BCUT2D eigenvalue weighted by atomic mass is 79.9. The van der Waals surface area contributed by atoms with E-state index in [9.17, 15) is 0 Å². The lowest BCUT2D eigenvalue weighted by Crippen LogP contribution is -2.38. The summed E-state index contributed by atoms with van der Waals surface area (Å²) in [5.74, 6) is 0. The number of likely N-dealkylation sites (N-methyl/N-ethyl adjacent to an activating group) is 1. The molecule has 1 aromatic rings. The van der Waals surface area contributed by atoms with Crippen LogP contribution in [0.25, 0.3) is 0 Å². The van der Waals surface area contributed by atoms with E-state index >= 15 is 0 Å². The monoisotopic (exact) mass is 325 g/mol. The lowest BCUT2D eigenvalue weighted by molar-refractivity contribution is 0.337. The number of nitrogens with two attached hydrogens (primary N) is 1. The molecule has 106 valence electrons. The smallest absolute Gasteiger partial charge is 0.0402 e. The van der Waals surface area contributed by atoms with Crippen molar-refractivity contribution >= 4 is 21.6 Å². The SMILES string of the molecule is CC1CN(C)CCCN1c1ccc(Br)cc1CCN. The normalized spacial score (nSPS) is 21.5. The van der Waals surface area contributed by atoms with Crippen molar-refractivity contribution in [3.63, 3.8) is 0 Å². The topological polar surface area (TPSA) is 32.5 Å². The van der Waals surface area contributed by atoms with Crippen LogP contribution in [0.1, 0.15) is 18.9 Å². The maximum atomic E-state index is 5.75. The standard InChI is InChI=1S/C15H24BrN3/c1-12-11-18(2)8-3-9-19(12)15-5-4-14(16)10-13(15)6-7-17/h4-5,10,12H,3,6-9,11,17H2,1-2H3. The Bertz CT molecular complexity index is 422. The molecule has 0 saturated carbocycles. The first-order valence-electron chi connectivity index (χ1n) is 7.05. The van der Waals surface area contributed by atoms with E-state index in [0.29, 0.717) is 12.6 Å². The lowest BCUT2D eigenvalue weighted by Gasteiger charge is -2.32. The summed E-state index contributed by atoms with van der Waals surface area (Å²) in [7, 11) is 2.21. The molecule has 1 heterocycles. The van der Waals surface area contributed by atoms with Gasteiger partial charge in [0, 0.05) is 29.3 Å². The number of anilines is 1. The molecule has 1 fully saturated rings. The average molecular weight is 326 g/mol. The molecule has 0 bridgehead atoms. The third-order valence-electron chi connectivity index (χ3n) is 3.81. The van der Waals surface area contributed by atoms with Crippen LogP contribution in [-0.4, -0.2) is 44.2 Å². The molecule has 3 nitrogen and oxygen atoms in total. The molecule has 0 amide bonds. The second-order valence-corrected chi connectivity index (χ2v) is 6.39. The number of rotatable bonds is 3. The van der Waals surface area contributed by atoms with Crippen molar-refractivity contribution in [1.82, 2.24) is 4.90 Å². The van der Waals surface area contributed by atoms with Crippen LogP contribution in [0.2, 0.25) is 0 Å². The molecule has 1 saturated heterocycles. The van der Waals surface area contributed by atoms with E-state index in [1.165, 1.54) is 24.2 Å². The summed E-state index contributed by atoms with van der Waals surface area (Å²) in [6.07, 6.45) is 2.16. The van der Waals surface area contributed by atoms with Gasteiger partial charge < -0.3 is 15.5 Å². The van der Waals surface area contributed by atoms with Crippen LogP contribution in [-0.2, 0) is 6.42 Å². The van der Waals surface area contributed by atoms with Crippen LogP contribution >= 0.6 is 15.9 Å². The van der Waals surface area contributed by atoms with Gasteiger partial charge in [0.2, 0.25) is 0 Å². The van der Waals surface area contributed by atoms with Gasteiger partial charge in [0.1, 0.15) is 0 Å². The Morgan fingerprint density at radius 3 is 2.89 bits per heavy atom. The highest BCUT2D eigenvalue weighted by molar-refractivity contribution is 9.10. The van der Waals surface area contributed by atoms with E-state index in [4.69, 9.17) is 5.73 Å². The van der Waals surface area contributed by atoms with Crippen LogP contribution in [0.15, 0.2) is 22.7 Å². The number of nitrogens with zero attached hydrogens (tertiary/aromatic N) is 2. The van der Waals surface area contributed by atoms with E-state index in [0.717, 1.165) is 24.0 Å². The highest BCUT2D eigenvalue weighted by Crippen LogP contribution is 2.28. The van der Waals surface area contributed by atoms with Gasteiger partial charge in [-0.05, 0) is 63.7 Å². The van der Waals surface area contributed by atoms with Crippen molar-refractivity contribution in [1.29, 1.82) is 0 Å². The largest absolute Gasteiger partial charge is 0.367 e. The van der Waals surface area contributed by atoms with Gasteiger partial charge in [-0.15, -0.1) is 0 Å². The second kappa shape index (κ2) is 6.73. The van der Waals surface area contributed by atoms with Gasteiger partial charge >= 0.3 is 0 Å². The Morgan fingerprint density at radius 1 is 1.37 bits per heavy atom. The quantitative estimate of drug-likeness (QED) is 0.926. The van der Waals surface area contributed by atoms with Crippen LogP contribution in [0.4, 0.5) is 5.69 Å². The van der Waals surface area contributed by atoms with Crippen LogP contribution in [0.5, 0.6) is 0 Å². The Balaban J connectivity index is 2.28. The van der Waals surface area contributed by atoms with Crippen LogP contribution in [0.3, 0.4) is 0 Å². The fourth-order valence-corrected chi connectivity index (χ4v) is 3.33. The summed E-state index contributed by atoms with van der Waals surface area (Å²) >= 11 is 3.56. The second-order valence-electron chi connectivity index (χ2n) is 5.47. The van der Waals surface area contributed by atoms with E-state index < -0.39 is 0 Å². The molecule has 0 spiro atoms. The molecular formula is C15H24BrN3. The minimum atomic E-state index is 0.546. The molecule has 2 N–H and O–H groups in total. The molecule has 1 aromatic carbocycles. The van der Waals surface area contributed by atoms with E-state index in [2.05, 4.69) is 57.9 Å². The van der Waals surface area contributed by atoms with Gasteiger partial charge in [-0.2, -0.15) is 0 Å². The van der Waals surface area contributed by atoms with Crippen LogP contribution < -0.4 is 10.6 Å². The Morgan fingerprint density at radius 2 is 2.16 bits per heavy atom. The van der Waals surface area contributed by atoms with E-state index in [1.807, 2.05) is 0 Å². The molecule has 0 aromatic heterocycles. The van der Waals surface area contributed by atoms with Gasteiger partial charge in [0.15, 0.2) is 0 Å². The molecule has 1 atom stereocenters. The zero-order valence-corrected chi connectivity index (χ0v) is 13.5. The minimum absolute atomic E-state index is 0.546. The van der Waals surface area contributed by atoms with Gasteiger partial charge in [-0.25, -0.2) is 0 Å². The predicted octanol–water partition coefficient (Wildman–Crippen LogP) is 2.48. The highest BCUT2D eigenvalue weighted by Gasteiger charge is 2.21. The molecule has 1 unspecified atom stereocenters. The number of hydrogen-bond acceptors (Lipinski definition) is 3. The fraction of sp³-hybridized carbons (Fsp3) is 0.600. The lowest BCUT2D eigenvalue weighted by atomic mass is 10.1. The first-order chi connectivity index (χ1) is 9.11. The zero-order chi connectivity index (χ0) is 13.8. The summed E-state index contributed by atoms with van der Waals surface area (Å²) in [6.45, 7) is 6.45. The summed E-state index contributed by atoms with van der Waals surface area (Å²) in [5.41, 5.74) is 8.47. The van der Waals surface area contributed by atoms with Gasteiger partial charge in [-0.3, -0.25) is 0 Å². The van der Waals surface area contributed by atoms with E-state index in [1.54, 1.807) is 0 Å². The number of halogens is 1. The Kier molecular flexibility index (Phi) is 5.25. The van der Waals surface area contributed by atoms with Crippen LogP contribution in [0, 0.1) is 0 Å². The summed E-state index contributed by atoms with van der Waals surface area (Å²) < 4.78 is 1.14. The molecule has 0 aliphatic carbocycles. The Labute approximate surface area is 124 Å². The van der Waals surface area contributed by atoms with Crippen molar-refractivity contribution in [2.45, 2.75) is 25.8 Å². The average Bonchev–Trinajstić information content (AvgIpc) is 2.51. The van der Waals surface area contributed by atoms with Crippen molar-refractivity contribution in [2.75, 3.05) is 38.1 Å². The van der Waals surface area contributed by atoms with Gasteiger partial charge in [0.05, 0.1) is 0 Å². The summed E-state index contributed by atoms with van der Waals surface area (Å²) in [4.78, 5) is 4.97. The minimum Gasteiger partial charge on any atom is -0.367 e. The van der Waals surface area contributed by atoms with Crippen molar-refractivity contribution in [3.8, 4) is 0 Å². The van der Waals surface area contributed by atoms with Gasteiger partial charge in [0.25, 0.3) is 0 Å². The Hall–Kier alpha value is -0.580. The number of benzene rings is 1. The summed E-state index contributed by atoms with van der Waals surface area (Å²) in [6, 6.07) is 7.13. The van der Waals surface area contributed by atoms with Crippen molar-refractivity contribution in [3.05, 3.63) is 28.2 Å². The van der Waals surface area contributed by atoms with Gasteiger partial charge in [-0.1, -0.05) is 15.9 Å². The molecule has 1 aliphatic rings. The maximum absolute atomic E-state index is 5.75. The third-order valence-corrected chi connectivity index (χ3v) is 4.30. The molecule has 2 rings (SSSR count). The molecule has 1 aliphatic heterocycles. The first kappa shape index (κ1) is 14.8.